The number of rotatable bonds is 4. The zero-order valence-corrected chi connectivity index (χ0v) is 11.3. The summed E-state index contributed by atoms with van der Waals surface area (Å²) in [6.07, 6.45) is 16.3. The minimum atomic E-state index is 0.486. The Bertz CT molecular complexity index is 284. The Morgan fingerprint density at radius 1 is 1.29 bits per heavy atom. The van der Waals surface area contributed by atoms with E-state index >= 15 is 0 Å². The van der Waals surface area contributed by atoms with Gasteiger partial charge in [-0.1, -0.05) is 32.8 Å². The van der Waals surface area contributed by atoms with Crippen LogP contribution in [0.25, 0.3) is 0 Å². The summed E-state index contributed by atoms with van der Waals surface area (Å²) < 4.78 is 6.07. The van der Waals surface area contributed by atoms with Crippen LogP contribution in [0.5, 0.6) is 0 Å². The van der Waals surface area contributed by atoms with Gasteiger partial charge < -0.3 is 4.74 Å². The van der Waals surface area contributed by atoms with Crippen molar-refractivity contribution in [3.05, 3.63) is 24.0 Å². The van der Waals surface area contributed by atoms with E-state index in [1.165, 1.54) is 38.5 Å². The fourth-order valence-corrected chi connectivity index (χ4v) is 2.80. The molecular weight excluding hydrogens is 208 g/mol. The van der Waals surface area contributed by atoms with Gasteiger partial charge in [-0.05, 0) is 56.1 Å². The van der Waals surface area contributed by atoms with Gasteiger partial charge in [-0.3, -0.25) is 0 Å². The Morgan fingerprint density at radius 3 is 2.65 bits per heavy atom. The van der Waals surface area contributed by atoms with Crippen LogP contribution in [0, 0.1) is 11.8 Å². The van der Waals surface area contributed by atoms with Gasteiger partial charge in [-0.15, -0.1) is 0 Å². The highest BCUT2D eigenvalue weighted by molar-refractivity contribution is 5.19. The lowest BCUT2D eigenvalue weighted by Gasteiger charge is -2.26. The molecule has 2 aliphatic rings. The van der Waals surface area contributed by atoms with Gasteiger partial charge in [0.25, 0.3) is 0 Å². The van der Waals surface area contributed by atoms with Gasteiger partial charge in [0, 0.05) is 0 Å². The van der Waals surface area contributed by atoms with E-state index < -0.39 is 0 Å². The standard InChI is InChI=1S/C16H26O/c1-3-13(2)14-9-11-16(12-10-14)17-15-7-5-4-6-8-15/h9,11-15H,3-8,10H2,1-2H3. The molecule has 0 heterocycles. The molecule has 0 radical (unpaired) electrons. The largest absolute Gasteiger partial charge is 0.491 e. The second-order valence-corrected chi connectivity index (χ2v) is 5.63. The van der Waals surface area contributed by atoms with Crippen LogP contribution in [0.2, 0.25) is 0 Å². The van der Waals surface area contributed by atoms with Gasteiger partial charge in [-0.2, -0.15) is 0 Å². The summed E-state index contributed by atoms with van der Waals surface area (Å²) in [5.41, 5.74) is 0. The molecule has 2 atom stereocenters. The topological polar surface area (TPSA) is 9.23 Å². The predicted octanol–water partition coefficient (Wildman–Crippen LogP) is 4.84. The average Bonchev–Trinajstić information content (AvgIpc) is 2.40. The molecule has 0 aromatic heterocycles. The first kappa shape index (κ1) is 12.7. The molecule has 2 aliphatic carbocycles. The van der Waals surface area contributed by atoms with Gasteiger partial charge >= 0.3 is 0 Å². The maximum Gasteiger partial charge on any atom is 0.115 e. The summed E-state index contributed by atoms with van der Waals surface area (Å²) in [5.74, 6) is 2.63. The molecule has 1 saturated carbocycles. The zero-order chi connectivity index (χ0) is 12.1. The minimum Gasteiger partial charge on any atom is -0.491 e. The number of ether oxygens (including phenoxy) is 1. The summed E-state index contributed by atoms with van der Waals surface area (Å²) in [5, 5.41) is 0. The zero-order valence-electron chi connectivity index (χ0n) is 11.3. The average molecular weight is 234 g/mol. The lowest BCUT2D eigenvalue weighted by atomic mass is 9.86. The molecule has 0 spiro atoms. The van der Waals surface area contributed by atoms with E-state index in [0.29, 0.717) is 6.10 Å². The van der Waals surface area contributed by atoms with Crippen LogP contribution in [-0.2, 0) is 4.74 Å². The Kier molecular flexibility index (Phi) is 4.70. The molecule has 0 saturated heterocycles. The Morgan fingerprint density at radius 2 is 2.06 bits per heavy atom. The van der Waals surface area contributed by atoms with Crippen LogP contribution in [0.4, 0.5) is 0 Å². The first-order valence-electron chi connectivity index (χ1n) is 7.34. The minimum absolute atomic E-state index is 0.486. The van der Waals surface area contributed by atoms with Crippen molar-refractivity contribution < 1.29 is 4.74 Å². The van der Waals surface area contributed by atoms with Crippen LogP contribution in [0.3, 0.4) is 0 Å². The van der Waals surface area contributed by atoms with E-state index in [1.807, 2.05) is 0 Å². The smallest absolute Gasteiger partial charge is 0.115 e. The van der Waals surface area contributed by atoms with Crippen molar-refractivity contribution in [3.8, 4) is 0 Å². The maximum absolute atomic E-state index is 6.07. The number of hydrogen-bond donors (Lipinski definition) is 0. The highest BCUT2D eigenvalue weighted by Crippen LogP contribution is 2.28. The lowest BCUT2D eigenvalue weighted by Crippen LogP contribution is -2.17. The van der Waals surface area contributed by atoms with E-state index in [2.05, 4.69) is 32.1 Å². The highest BCUT2D eigenvalue weighted by Gasteiger charge is 2.18. The predicted molar refractivity (Wildman–Crippen MR) is 72.7 cm³/mol. The van der Waals surface area contributed by atoms with Gasteiger partial charge in [0.1, 0.15) is 5.76 Å². The summed E-state index contributed by atoms with van der Waals surface area (Å²) in [6, 6.07) is 0. The van der Waals surface area contributed by atoms with Crippen LogP contribution in [-0.4, -0.2) is 6.10 Å². The third kappa shape index (κ3) is 3.62. The van der Waals surface area contributed by atoms with Crippen LogP contribution in [0.15, 0.2) is 24.0 Å². The lowest BCUT2D eigenvalue weighted by molar-refractivity contribution is 0.0881. The molecule has 17 heavy (non-hydrogen) atoms. The molecule has 0 aromatic rings. The van der Waals surface area contributed by atoms with Crippen molar-refractivity contribution in [3.63, 3.8) is 0 Å². The first-order valence-corrected chi connectivity index (χ1v) is 7.34. The van der Waals surface area contributed by atoms with Crippen molar-refractivity contribution >= 4 is 0 Å². The number of allylic oxidation sites excluding steroid dienone is 3. The molecule has 0 aromatic carbocycles. The fraction of sp³-hybridized carbons (Fsp3) is 0.750. The first-order chi connectivity index (χ1) is 8.29. The molecule has 2 rings (SSSR count). The fourth-order valence-electron chi connectivity index (χ4n) is 2.80. The van der Waals surface area contributed by atoms with Gasteiger partial charge in [0.05, 0.1) is 6.10 Å². The van der Waals surface area contributed by atoms with E-state index in [0.717, 1.165) is 24.0 Å². The molecule has 96 valence electrons. The second-order valence-electron chi connectivity index (χ2n) is 5.63. The molecule has 0 N–H and O–H groups in total. The van der Waals surface area contributed by atoms with E-state index in [9.17, 15) is 0 Å². The molecule has 2 unspecified atom stereocenters. The van der Waals surface area contributed by atoms with Crippen molar-refractivity contribution in [1.29, 1.82) is 0 Å². The summed E-state index contributed by atoms with van der Waals surface area (Å²) in [6.45, 7) is 4.62. The monoisotopic (exact) mass is 234 g/mol. The SMILES string of the molecule is CCC(C)C1C=CC(OC2CCCCC2)=CC1. The van der Waals surface area contributed by atoms with Gasteiger partial charge in [0.15, 0.2) is 0 Å². The summed E-state index contributed by atoms with van der Waals surface area (Å²) in [4.78, 5) is 0. The van der Waals surface area contributed by atoms with Crippen LogP contribution < -0.4 is 0 Å². The van der Waals surface area contributed by atoms with Crippen molar-refractivity contribution in [2.45, 2.75) is 64.9 Å². The van der Waals surface area contributed by atoms with Crippen LogP contribution in [0.1, 0.15) is 58.8 Å². The van der Waals surface area contributed by atoms with Crippen molar-refractivity contribution in [2.24, 2.45) is 11.8 Å². The maximum atomic E-state index is 6.07. The number of hydrogen-bond acceptors (Lipinski definition) is 1. The molecule has 0 bridgehead atoms. The third-order valence-electron chi connectivity index (χ3n) is 4.33. The second kappa shape index (κ2) is 6.28. The summed E-state index contributed by atoms with van der Waals surface area (Å²) >= 11 is 0. The molecule has 1 nitrogen and oxygen atoms in total. The van der Waals surface area contributed by atoms with Gasteiger partial charge in [0.2, 0.25) is 0 Å². The molecule has 0 aliphatic heterocycles. The molecule has 1 fully saturated rings. The van der Waals surface area contributed by atoms with Crippen molar-refractivity contribution in [1.82, 2.24) is 0 Å². The Labute approximate surface area is 106 Å². The third-order valence-corrected chi connectivity index (χ3v) is 4.33. The molecule has 1 heteroatoms. The van der Waals surface area contributed by atoms with Crippen molar-refractivity contribution in [2.75, 3.05) is 0 Å². The molecule has 0 amide bonds. The molecular formula is C16H26O. The van der Waals surface area contributed by atoms with E-state index in [4.69, 9.17) is 4.74 Å². The normalized spacial score (nSPS) is 27.6. The Balaban J connectivity index is 1.80. The van der Waals surface area contributed by atoms with E-state index in [-0.39, 0.29) is 0 Å². The van der Waals surface area contributed by atoms with Gasteiger partial charge in [-0.25, -0.2) is 0 Å². The quantitative estimate of drug-likeness (QED) is 0.676. The summed E-state index contributed by atoms with van der Waals surface area (Å²) in [7, 11) is 0. The van der Waals surface area contributed by atoms with Crippen LogP contribution >= 0.6 is 0 Å². The highest BCUT2D eigenvalue weighted by atomic mass is 16.5. The van der Waals surface area contributed by atoms with E-state index in [1.54, 1.807) is 0 Å². The Hall–Kier alpha value is -0.720.